The molecule has 1 aromatic rings. The average Bonchev–Trinajstić information content (AvgIpc) is 2.31. The molecule has 2 nitrogen and oxygen atoms in total. The summed E-state index contributed by atoms with van der Waals surface area (Å²) in [4.78, 5) is 0. The first kappa shape index (κ1) is 14.2. The highest BCUT2D eigenvalue weighted by molar-refractivity contribution is 5.35. The molecule has 96 valence electrons. The van der Waals surface area contributed by atoms with Gasteiger partial charge in [0.25, 0.3) is 0 Å². The van der Waals surface area contributed by atoms with E-state index in [-0.39, 0.29) is 0 Å². The Labute approximate surface area is 106 Å². The first-order valence-corrected chi connectivity index (χ1v) is 6.58. The minimum absolute atomic E-state index is 0.397. The van der Waals surface area contributed by atoms with Crippen molar-refractivity contribution in [3.8, 4) is 0 Å². The highest BCUT2D eigenvalue weighted by Gasteiger charge is 2.12. The molecule has 0 heterocycles. The van der Waals surface area contributed by atoms with Gasteiger partial charge in [-0.05, 0) is 43.1 Å². The largest absolute Gasteiger partial charge is 0.315 e. The lowest BCUT2D eigenvalue weighted by Crippen LogP contribution is -2.30. The highest BCUT2D eigenvalue weighted by Crippen LogP contribution is 2.23. The summed E-state index contributed by atoms with van der Waals surface area (Å²) in [5.74, 6) is 0.589. The van der Waals surface area contributed by atoms with Crippen LogP contribution in [0.4, 0.5) is 0 Å². The molecule has 0 spiro atoms. The normalized spacial score (nSPS) is 13.1. The third-order valence-corrected chi connectivity index (χ3v) is 3.29. The van der Waals surface area contributed by atoms with E-state index >= 15 is 0 Å². The standard InChI is InChI=1S/C15H26N2/c1-6-17-10-15(16-5)14-9-13(11(2)3)8-7-12(14)4/h7-9,11,15-17H,6,10H2,1-5H3. The molecule has 0 bridgehead atoms. The maximum absolute atomic E-state index is 3.41. The van der Waals surface area contributed by atoms with Gasteiger partial charge < -0.3 is 10.6 Å². The van der Waals surface area contributed by atoms with Crippen LogP contribution < -0.4 is 10.6 Å². The van der Waals surface area contributed by atoms with Gasteiger partial charge in [-0.1, -0.05) is 39.0 Å². The van der Waals surface area contributed by atoms with E-state index in [1.807, 2.05) is 7.05 Å². The summed E-state index contributed by atoms with van der Waals surface area (Å²) >= 11 is 0. The third kappa shape index (κ3) is 3.83. The molecule has 1 unspecified atom stereocenters. The minimum atomic E-state index is 0.397. The molecule has 0 amide bonds. The molecule has 1 rings (SSSR count). The number of likely N-dealkylation sites (N-methyl/N-ethyl adjacent to an activating group) is 2. The fourth-order valence-corrected chi connectivity index (χ4v) is 2.05. The summed E-state index contributed by atoms with van der Waals surface area (Å²) in [6.07, 6.45) is 0. The summed E-state index contributed by atoms with van der Waals surface area (Å²) in [7, 11) is 2.03. The van der Waals surface area contributed by atoms with E-state index in [4.69, 9.17) is 0 Å². The number of nitrogens with one attached hydrogen (secondary N) is 2. The SMILES string of the molecule is CCNCC(NC)c1cc(C(C)C)ccc1C. The molecule has 0 aliphatic rings. The van der Waals surface area contributed by atoms with E-state index < -0.39 is 0 Å². The smallest absolute Gasteiger partial charge is 0.0447 e. The van der Waals surface area contributed by atoms with E-state index in [1.54, 1.807) is 0 Å². The van der Waals surface area contributed by atoms with E-state index in [0.29, 0.717) is 12.0 Å². The van der Waals surface area contributed by atoms with Crippen LogP contribution in [0.2, 0.25) is 0 Å². The molecule has 17 heavy (non-hydrogen) atoms. The van der Waals surface area contributed by atoms with Gasteiger partial charge in [0.1, 0.15) is 0 Å². The molecule has 0 radical (unpaired) electrons. The summed E-state index contributed by atoms with van der Waals surface area (Å²) in [5.41, 5.74) is 4.20. The molecule has 2 N–H and O–H groups in total. The van der Waals surface area contributed by atoms with Crippen molar-refractivity contribution in [1.82, 2.24) is 10.6 Å². The van der Waals surface area contributed by atoms with Gasteiger partial charge in [0.05, 0.1) is 0 Å². The number of benzene rings is 1. The Bertz CT molecular complexity index is 345. The molecular formula is C15H26N2. The molecule has 0 saturated heterocycles. The zero-order chi connectivity index (χ0) is 12.8. The first-order chi connectivity index (χ1) is 8.10. The number of rotatable bonds is 6. The van der Waals surface area contributed by atoms with Crippen LogP contribution in [0.5, 0.6) is 0 Å². The fraction of sp³-hybridized carbons (Fsp3) is 0.600. The van der Waals surface area contributed by atoms with Crippen molar-refractivity contribution in [2.24, 2.45) is 0 Å². The van der Waals surface area contributed by atoms with Crippen LogP contribution in [0.1, 0.15) is 49.4 Å². The Morgan fingerprint density at radius 2 is 1.94 bits per heavy atom. The molecule has 1 aromatic carbocycles. The zero-order valence-corrected chi connectivity index (χ0v) is 11.8. The Morgan fingerprint density at radius 1 is 1.24 bits per heavy atom. The zero-order valence-electron chi connectivity index (χ0n) is 11.8. The summed E-state index contributed by atoms with van der Waals surface area (Å²) < 4.78 is 0. The third-order valence-electron chi connectivity index (χ3n) is 3.29. The Morgan fingerprint density at radius 3 is 2.47 bits per heavy atom. The first-order valence-electron chi connectivity index (χ1n) is 6.58. The monoisotopic (exact) mass is 234 g/mol. The topological polar surface area (TPSA) is 24.1 Å². The van der Waals surface area contributed by atoms with Crippen molar-refractivity contribution in [1.29, 1.82) is 0 Å². The summed E-state index contributed by atoms with van der Waals surface area (Å²) in [5, 5.41) is 6.81. The van der Waals surface area contributed by atoms with Gasteiger partial charge in [-0.3, -0.25) is 0 Å². The molecule has 0 fully saturated rings. The molecular weight excluding hydrogens is 208 g/mol. The van der Waals surface area contributed by atoms with Crippen LogP contribution >= 0.6 is 0 Å². The van der Waals surface area contributed by atoms with Crippen molar-refractivity contribution >= 4 is 0 Å². The summed E-state index contributed by atoms with van der Waals surface area (Å²) in [6.45, 7) is 10.8. The molecule has 2 heteroatoms. The Balaban J connectivity index is 2.96. The van der Waals surface area contributed by atoms with Gasteiger partial charge in [-0.25, -0.2) is 0 Å². The number of hydrogen-bond donors (Lipinski definition) is 2. The van der Waals surface area contributed by atoms with Crippen molar-refractivity contribution < 1.29 is 0 Å². The van der Waals surface area contributed by atoms with Crippen LogP contribution in [0.15, 0.2) is 18.2 Å². The van der Waals surface area contributed by atoms with Crippen molar-refractivity contribution in [3.63, 3.8) is 0 Å². The molecule has 0 saturated carbocycles. The van der Waals surface area contributed by atoms with Gasteiger partial charge in [0, 0.05) is 12.6 Å². The maximum atomic E-state index is 3.41. The van der Waals surface area contributed by atoms with Gasteiger partial charge in [-0.15, -0.1) is 0 Å². The van der Waals surface area contributed by atoms with Gasteiger partial charge in [0.2, 0.25) is 0 Å². The number of aryl methyl sites for hydroxylation is 1. The lowest BCUT2D eigenvalue weighted by Gasteiger charge is -2.21. The second-order valence-electron chi connectivity index (χ2n) is 4.92. The van der Waals surface area contributed by atoms with Crippen LogP contribution in [0.25, 0.3) is 0 Å². The van der Waals surface area contributed by atoms with Gasteiger partial charge >= 0.3 is 0 Å². The van der Waals surface area contributed by atoms with E-state index in [2.05, 4.69) is 56.5 Å². The van der Waals surface area contributed by atoms with Gasteiger partial charge in [0.15, 0.2) is 0 Å². The van der Waals surface area contributed by atoms with Crippen molar-refractivity contribution in [3.05, 3.63) is 34.9 Å². The quantitative estimate of drug-likeness (QED) is 0.790. The Hall–Kier alpha value is -0.860. The second kappa shape index (κ2) is 6.77. The molecule has 0 aromatic heterocycles. The molecule has 0 aliphatic carbocycles. The molecule has 0 aliphatic heterocycles. The van der Waals surface area contributed by atoms with Crippen LogP contribution in [0, 0.1) is 6.92 Å². The lowest BCUT2D eigenvalue weighted by atomic mass is 9.94. The van der Waals surface area contributed by atoms with E-state index in [9.17, 15) is 0 Å². The van der Waals surface area contributed by atoms with Gasteiger partial charge in [-0.2, -0.15) is 0 Å². The minimum Gasteiger partial charge on any atom is -0.315 e. The summed E-state index contributed by atoms with van der Waals surface area (Å²) in [6, 6.07) is 7.22. The lowest BCUT2D eigenvalue weighted by molar-refractivity contribution is 0.535. The number of hydrogen-bond acceptors (Lipinski definition) is 2. The highest BCUT2D eigenvalue weighted by atomic mass is 15.0. The van der Waals surface area contributed by atoms with Crippen LogP contribution in [0.3, 0.4) is 0 Å². The maximum Gasteiger partial charge on any atom is 0.0447 e. The predicted molar refractivity (Wildman–Crippen MR) is 75.6 cm³/mol. The van der Waals surface area contributed by atoms with Crippen molar-refractivity contribution in [2.75, 3.05) is 20.1 Å². The van der Waals surface area contributed by atoms with Crippen LogP contribution in [-0.4, -0.2) is 20.1 Å². The average molecular weight is 234 g/mol. The van der Waals surface area contributed by atoms with Crippen LogP contribution in [-0.2, 0) is 0 Å². The predicted octanol–water partition coefficient (Wildman–Crippen LogP) is 2.99. The fourth-order valence-electron chi connectivity index (χ4n) is 2.05. The van der Waals surface area contributed by atoms with Crippen molar-refractivity contribution in [2.45, 2.75) is 39.7 Å². The second-order valence-corrected chi connectivity index (χ2v) is 4.92. The molecule has 1 atom stereocenters. The Kier molecular flexibility index (Phi) is 5.66. The van der Waals surface area contributed by atoms with E-state index in [0.717, 1.165) is 13.1 Å². The van der Waals surface area contributed by atoms with E-state index in [1.165, 1.54) is 16.7 Å².